The van der Waals surface area contributed by atoms with Crippen LogP contribution in [0.5, 0.6) is 0 Å². The van der Waals surface area contributed by atoms with Gasteiger partial charge in [-0.15, -0.1) is 0 Å². The zero-order valence-corrected chi connectivity index (χ0v) is 13.3. The first-order valence-electron chi connectivity index (χ1n) is 6.57. The third-order valence-corrected chi connectivity index (χ3v) is 3.65. The molecule has 0 saturated carbocycles. The predicted molar refractivity (Wildman–Crippen MR) is 85.7 cm³/mol. The third-order valence-electron chi connectivity index (χ3n) is 3.10. The molecule has 2 aromatic rings. The molecular formula is C15H17Cl2N3. The van der Waals surface area contributed by atoms with E-state index in [0.29, 0.717) is 15.9 Å². The molecule has 0 aliphatic rings. The second-order valence-electron chi connectivity index (χ2n) is 4.66. The highest BCUT2D eigenvalue weighted by Crippen LogP contribution is 2.29. The van der Waals surface area contributed by atoms with Gasteiger partial charge in [-0.25, -0.2) is 9.97 Å². The van der Waals surface area contributed by atoms with Gasteiger partial charge in [0.25, 0.3) is 0 Å². The van der Waals surface area contributed by atoms with E-state index in [0.717, 1.165) is 35.6 Å². The van der Waals surface area contributed by atoms with Gasteiger partial charge in [-0.05, 0) is 38.5 Å². The third kappa shape index (κ3) is 3.22. The van der Waals surface area contributed by atoms with Gasteiger partial charge in [-0.2, -0.15) is 0 Å². The van der Waals surface area contributed by atoms with E-state index >= 15 is 0 Å². The Morgan fingerprint density at radius 3 is 2.55 bits per heavy atom. The molecule has 1 heterocycles. The van der Waals surface area contributed by atoms with Crippen molar-refractivity contribution in [3.8, 4) is 11.4 Å². The van der Waals surface area contributed by atoms with Crippen molar-refractivity contribution in [3.05, 3.63) is 39.5 Å². The highest BCUT2D eigenvalue weighted by atomic mass is 35.5. The number of aryl methyl sites for hydroxylation is 1. The molecule has 0 spiro atoms. The molecule has 106 valence electrons. The summed E-state index contributed by atoms with van der Waals surface area (Å²) in [4.78, 5) is 9.11. The number of nitrogens with zero attached hydrogens (tertiary/aromatic N) is 2. The summed E-state index contributed by atoms with van der Waals surface area (Å²) in [6.45, 7) is 6.99. The molecule has 0 aliphatic carbocycles. The molecule has 0 atom stereocenters. The lowest BCUT2D eigenvalue weighted by molar-refractivity contribution is 0.955. The number of benzene rings is 1. The summed E-state index contributed by atoms with van der Waals surface area (Å²) in [5, 5.41) is 4.49. The van der Waals surface area contributed by atoms with Crippen LogP contribution >= 0.6 is 23.2 Å². The normalized spacial score (nSPS) is 10.7. The van der Waals surface area contributed by atoms with Crippen LogP contribution in [0.3, 0.4) is 0 Å². The fraction of sp³-hybridized carbons (Fsp3) is 0.333. The Bertz CT molecular complexity index is 627. The Hall–Kier alpha value is -1.32. The summed E-state index contributed by atoms with van der Waals surface area (Å²) in [7, 11) is 0. The van der Waals surface area contributed by atoms with Crippen molar-refractivity contribution in [3.63, 3.8) is 0 Å². The van der Waals surface area contributed by atoms with Crippen LogP contribution in [0.4, 0.5) is 5.82 Å². The molecule has 0 saturated heterocycles. The van der Waals surface area contributed by atoms with Gasteiger partial charge in [0.2, 0.25) is 0 Å². The molecule has 5 heteroatoms. The topological polar surface area (TPSA) is 37.8 Å². The van der Waals surface area contributed by atoms with E-state index in [1.807, 2.05) is 19.9 Å². The average Bonchev–Trinajstić information content (AvgIpc) is 2.40. The standard InChI is InChI=1S/C15H17Cl2N3/c1-4-7-18-14-9(2)10(3)19-15(20-14)12-6-5-11(16)8-13(12)17/h5-6,8H,4,7H2,1-3H3,(H,18,19,20). The highest BCUT2D eigenvalue weighted by molar-refractivity contribution is 6.36. The maximum absolute atomic E-state index is 6.23. The van der Waals surface area contributed by atoms with Crippen molar-refractivity contribution in [1.29, 1.82) is 0 Å². The molecule has 1 aromatic carbocycles. The lowest BCUT2D eigenvalue weighted by atomic mass is 10.2. The summed E-state index contributed by atoms with van der Waals surface area (Å²) in [5.41, 5.74) is 2.80. The quantitative estimate of drug-likeness (QED) is 0.873. The minimum Gasteiger partial charge on any atom is -0.370 e. The van der Waals surface area contributed by atoms with E-state index < -0.39 is 0 Å². The molecule has 20 heavy (non-hydrogen) atoms. The van der Waals surface area contributed by atoms with Crippen molar-refractivity contribution in [2.45, 2.75) is 27.2 Å². The van der Waals surface area contributed by atoms with Gasteiger partial charge < -0.3 is 5.32 Å². The lowest BCUT2D eigenvalue weighted by Gasteiger charge is -2.12. The number of halogens is 2. The van der Waals surface area contributed by atoms with Crippen LogP contribution in [0.25, 0.3) is 11.4 Å². The van der Waals surface area contributed by atoms with Crippen LogP contribution in [0.2, 0.25) is 10.0 Å². The van der Waals surface area contributed by atoms with Gasteiger partial charge in [0, 0.05) is 28.4 Å². The maximum Gasteiger partial charge on any atom is 0.163 e. The first-order chi connectivity index (χ1) is 9.52. The zero-order valence-electron chi connectivity index (χ0n) is 11.8. The van der Waals surface area contributed by atoms with E-state index in [2.05, 4.69) is 22.2 Å². The van der Waals surface area contributed by atoms with E-state index in [1.165, 1.54) is 0 Å². The van der Waals surface area contributed by atoms with Gasteiger partial charge in [-0.1, -0.05) is 30.1 Å². The minimum atomic E-state index is 0.558. The number of hydrogen-bond acceptors (Lipinski definition) is 3. The maximum atomic E-state index is 6.23. The Balaban J connectivity index is 2.48. The number of aromatic nitrogens is 2. The highest BCUT2D eigenvalue weighted by Gasteiger charge is 2.12. The van der Waals surface area contributed by atoms with Crippen LogP contribution < -0.4 is 5.32 Å². The van der Waals surface area contributed by atoms with Crippen molar-refractivity contribution in [1.82, 2.24) is 9.97 Å². The predicted octanol–water partition coefficient (Wildman–Crippen LogP) is 4.89. The second kappa shape index (κ2) is 6.42. The summed E-state index contributed by atoms with van der Waals surface area (Å²) in [5.74, 6) is 1.48. The van der Waals surface area contributed by atoms with Gasteiger partial charge in [0.05, 0.1) is 5.02 Å². The van der Waals surface area contributed by atoms with Gasteiger partial charge in [0.1, 0.15) is 5.82 Å². The summed E-state index contributed by atoms with van der Waals surface area (Å²) >= 11 is 12.2. The van der Waals surface area contributed by atoms with Gasteiger partial charge >= 0.3 is 0 Å². The zero-order chi connectivity index (χ0) is 14.7. The molecule has 3 nitrogen and oxygen atoms in total. The average molecular weight is 310 g/mol. The first kappa shape index (κ1) is 15.1. The number of anilines is 1. The van der Waals surface area contributed by atoms with E-state index in [4.69, 9.17) is 23.2 Å². The van der Waals surface area contributed by atoms with E-state index in [-0.39, 0.29) is 0 Å². The van der Waals surface area contributed by atoms with E-state index in [9.17, 15) is 0 Å². The summed E-state index contributed by atoms with van der Waals surface area (Å²) in [6, 6.07) is 5.34. The molecule has 2 rings (SSSR count). The molecule has 0 unspecified atom stereocenters. The van der Waals surface area contributed by atoms with Gasteiger partial charge in [-0.3, -0.25) is 0 Å². The molecule has 0 bridgehead atoms. The molecule has 0 amide bonds. The fourth-order valence-corrected chi connectivity index (χ4v) is 2.33. The molecule has 1 N–H and O–H groups in total. The van der Waals surface area contributed by atoms with E-state index in [1.54, 1.807) is 12.1 Å². The first-order valence-corrected chi connectivity index (χ1v) is 7.33. The van der Waals surface area contributed by atoms with Crippen molar-refractivity contribution >= 4 is 29.0 Å². The Labute approximate surface area is 129 Å². The molecule has 0 fully saturated rings. The lowest BCUT2D eigenvalue weighted by Crippen LogP contribution is -2.07. The van der Waals surface area contributed by atoms with Crippen LogP contribution in [-0.4, -0.2) is 16.5 Å². The van der Waals surface area contributed by atoms with Crippen LogP contribution in [0.15, 0.2) is 18.2 Å². The van der Waals surface area contributed by atoms with Crippen LogP contribution in [-0.2, 0) is 0 Å². The van der Waals surface area contributed by atoms with Gasteiger partial charge in [0.15, 0.2) is 5.82 Å². The summed E-state index contributed by atoms with van der Waals surface area (Å²) < 4.78 is 0. The monoisotopic (exact) mass is 309 g/mol. The Morgan fingerprint density at radius 2 is 1.90 bits per heavy atom. The Morgan fingerprint density at radius 1 is 1.15 bits per heavy atom. The van der Waals surface area contributed by atoms with Crippen LogP contribution in [0, 0.1) is 13.8 Å². The SMILES string of the molecule is CCCNc1nc(-c2ccc(Cl)cc2Cl)nc(C)c1C. The molecular weight excluding hydrogens is 293 g/mol. The van der Waals surface area contributed by atoms with Crippen molar-refractivity contribution in [2.75, 3.05) is 11.9 Å². The molecule has 0 aliphatic heterocycles. The number of nitrogens with one attached hydrogen (secondary N) is 1. The molecule has 0 radical (unpaired) electrons. The molecule has 1 aromatic heterocycles. The number of hydrogen-bond donors (Lipinski definition) is 1. The Kier molecular flexibility index (Phi) is 4.84. The van der Waals surface area contributed by atoms with Crippen molar-refractivity contribution in [2.24, 2.45) is 0 Å². The van der Waals surface area contributed by atoms with Crippen molar-refractivity contribution < 1.29 is 0 Å². The number of rotatable bonds is 4. The summed E-state index contributed by atoms with van der Waals surface area (Å²) in [6.07, 6.45) is 1.04. The minimum absolute atomic E-state index is 0.558. The van der Waals surface area contributed by atoms with Crippen LogP contribution in [0.1, 0.15) is 24.6 Å². The second-order valence-corrected chi connectivity index (χ2v) is 5.50. The fourth-order valence-electron chi connectivity index (χ4n) is 1.84. The smallest absolute Gasteiger partial charge is 0.163 e. The largest absolute Gasteiger partial charge is 0.370 e.